The van der Waals surface area contributed by atoms with Gasteiger partial charge < -0.3 is 9.47 Å². The molecule has 3 heterocycles. The lowest BCUT2D eigenvalue weighted by Gasteiger charge is -2.02. The Hall–Kier alpha value is -4.50. The fourth-order valence-corrected chi connectivity index (χ4v) is 4.56. The maximum atomic E-state index is 13.2. The zero-order chi connectivity index (χ0) is 25.2. The van der Waals surface area contributed by atoms with Gasteiger partial charge in [0.1, 0.15) is 5.75 Å². The maximum absolute atomic E-state index is 13.2. The van der Waals surface area contributed by atoms with E-state index in [9.17, 15) is 4.79 Å². The predicted molar refractivity (Wildman–Crippen MR) is 141 cm³/mol. The van der Waals surface area contributed by atoms with Gasteiger partial charge >= 0.3 is 0 Å². The number of hydrogen-bond donors (Lipinski definition) is 0. The fraction of sp³-hybridized carbons (Fsp3) is 0.111. The van der Waals surface area contributed by atoms with E-state index < -0.39 is 0 Å². The predicted octanol–water partition coefficient (Wildman–Crippen LogP) is 4.12. The molecule has 0 spiro atoms. The highest BCUT2D eigenvalue weighted by Gasteiger charge is 2.15. The standard InChI is InChI=1S/C27H23N5O3S/c1-17(14-18(2)34-3)24-20(16-31(29-24)21-8-6-5-7-9-21)15-23-26(33)32-27(36-23)28-25(30-32)19-10-12-22(35-4)13-11-19/h5-16H,1H2,2-4H3/b18-14+,23-15-. The first-order valence-corrected chi connectivity index (χ1v) is 11.9. The van der Waals surface area contributed by atoms with Crippen LogP contribution in [0.5, 0.6) is 5.75 Å². The molecule has 0 saturated carbocycles. The van der Waals surface area contributed by atoms with Gasteiger partial charge in [0.15, 0.2) is 5.82 Å². The van der Waals surface area contributed by atoms with Crippen LogP contribution in [0.1, 0.15) is 18.2 Å². The average Bonchev–Trinajstić information content (AvgIpc) is 3.60. The van der Waals surface area contributed by atoms with Gasteiger partial charge in [-0.3, -0.25) is 4.79 Å². The minimum atomic E-state index is -0.241. The smallest absolute Gasteiger partial charge is 0.291 e. The van der Waals surface area contributed by atoms with Crippen LogP contribution in [0.2, 0.25) is 0 Å². The number of thiazole rings is 1. The summed E-state index contributed by atoms with van der Waals surface area (Å²) in [6, 6.07) is 17.1. The van der Waals surface area contributed by atoms with E-state index in [1.807, 2.05) is 73.8 Å². The Morgan fingerprint density at radius 2 is 1.81 bits per heavy atom. The van der Waals surface area contributed by atoms with Crippen LogP contribution in [0.25, 0.3) is 33.7 Å². The van der Waals surface area contributed by atoms with Gasteiger partial charge in [0.25, 0.3) is 5.56 Å². The molecule has 0 fully saturated rings. The van der Waals surface area contributed by atoms with Crippen molar-refractivity contribution < 1.29 is 9.47 Å². The summed E-state index contributed by atoms with van der Waals surface area (Å²) in [4.78, 5) is 18.3. The van der Waals surface area contributed by atoms with Gasteiger partial charge in [-0.2, -0.15) is 14.6 Å². The van der Waals surface area contributed by atoms with Crippen molar-refractivity contribution in [1.29, 1.82) is 0 Å². The van der Waals surface area contributed by atoms with Crippen molar-refractivity contribution >= 4 is 27.9 Å². The van der Waals surface area contributed by atoms with Crippen molar-refractivity contribution in [2.24, 2.45) is 0 Å². The lowest BCUT2D eigenvalue weighted by molar-refractivity contribution is 0.294. The Morgan fingerprint density at radius 1 is 1.06 bits per heavy atom. The van der Waals surface area contributed by atoms with E-state index in [2.05, 4.69) is 16.7 Å². The van der Waals surface area contributed by atoms with Gasteiger partial charge in [0.05, 0.1) is 35.9 Å². The van der Waals surface area contributed by atoms with Gasteiger partial charge in [0, 0.05) is 17.3 Å². The average molecular weight is 498 g/mol. The van der Waals surface area contributed by atoms with Crippen molar-refractivity contribution in [1.82, 2.24) is 24.4 Å². The summed E-state index contributed by atoms with van der Waals surface area (Å²) in [5.74, 6) is 1.93. The minimum Gasteiger partial charge on any atom is -0.501 e. The lowest BCUT2D eigenvalue weighted by atomic mass is 10.1. The number of hydrogen-bond acceptors (Lipinski definition) is 7. The maximum Gasteiger partial charge on any atom is 0.291 e. The van der Waals surface area contributed by atoms with E-state index in [-0.39, 0.29) is 5.56 Å². The topological polar surface area (TPSA) is 83.5 Å². The zero-order valence-electron chi connectivity index (χ0n) is 20.0. The molecule has 0 aliphatic rings. The van der Waals surface area contributed by atoms with Crippen LogP contribution in [0, 0.1) is 0 Å². The molecule has 0 saturated heterocycles. The Labute approximate surface area is 211 Å². The summed E-state index contributed by atoms with van der Waals surface area (Å²) >= 11 is 1.28. The van der Waals surface area contributed by atoms with Crippen LogP contribution < -0.4 is 14.8 Å². The molecule has 180 valence electrons. The first-order valence-electron chi connectivity index (χ1n) is 11.1. The highest BCUT2D eigenvalue weighted by atomic mass is 32.1. The Morgan fingerprint density at radius 3 is 2.47 bits per heavy atom. The number of rotatable bonds is 7. The summed E-state index contributed by atoms with van der Waals surface area (Å²) in [7, 11) is 3.22. The second-order valence-corrected chi connectivity index (χ2v) is 8.98. The molecule has 5 rings (SSSR count). The Bertz CT molecular complexity index is 1700. The largest absolute Gasteiger partial charge is 0.501 e. The lowest BCUT2D eigenvalue weighted by Crippen LogP contribution is -2.23. The van der Waals surface area contributed by atoms with E-state index in [0.29, 0.717) is 32.3 Å². The SMILES string of the molecule is C=C(/C=C(\C)OC)c1nn(-c2ccccc2)cc1/C=c1\sc2nc(-c3ccc(OC)cc3)nn2c1=O. The van der Waals surface area contributed by atoms with Crippen molar-refractivity contribution in [3.05, 3.63) is 105 Å². The minimum absolute atomic E-state index is 0.241. The van der Waals surface area contributed by atoms with Crippen LogP contribution in [0.15, 0.2) is 84.0 Å². The number of fused-ring (bicyclic) bond motifs is 1. The molecule has 8 nitrogen and oxygen atoms in total. The molecule has 0 aliphatic carbocycles. The highest BCUT2D eigenvalue weighted by molar-refractivity contribution is 7.15. The second-order valence-electron chi connectivity index (χ2n) is 7.97. The normalized spacial score (nSPS) is 12.3. The third-order valence-corrected chi connectivity index (χ3v) is 6.54. The first kappa shape index (κ1) is 23.3. The molecule has 0 N–H and O–H groups in total. The van der Waals surface area contributed by atoms with Gasteiger partial charge in [-0.25, -0.2) is 4.68 Å². The molecule has 5 aromatic rings. The van der Waals surface area contributed by atoms with Gasteiger partial charge in [-0.1, -0.05) is 36.1 Å². The van der Waals surface area contributed by atoms with Gasteiger partial charge in [-0.05, 0) is 61.0 Å². The molecular formula is C27H23N5O3S. The van der Waals surface area contributed by atoms with E-state index in [1.54, 1.807) is 25.0 Å². The van der Waals surface area contributed by atoms with Crippen LogP contribution in [-0.4, -0.2) is 38.6 Å². The third kappa shape index (κ3) is 4.44. The van der Waals surface area contributed by atoms with E-state index in [0.717, 1.165) is 22.6 Å². The molecule has 36 heavy (non-hydrogen) atoms. The Kier molecular flexibility index (Phi) is 6.22. The van der Waals surface area contributed by atoms with Gasteiger partial charge in [-0.15, -0.1) is 5.10 Å². The molecule has 9 heteroatoms. The molecule has 3 aromatic heterocycles. The number of para-hydroxylation sites is 1. The first-order chi connectivity index (χ1) is 17.5. The van der Waals surface area contributed by atoms with Crippen LogP contribution in [0.4, 0.5) is 0 Å². The molecular weight excluding hydrogens is 474 g/mol. The van der Waals surface area contributed by atoms with Crippen molar-refractivity contribution in [2.75, 3.05) is 14.2 Å². The highest BCUT2D eigenvalue weighted by Crippen LogP contribution is 2.23. The number of methoxy groups -OCH3 is 2. The second kappa shape index (κ2) is 9.63. The monoisotopic (exact) mass is 497 g/mol. The number of ether oxygens (including phenoxy) is 2. The van der Waals surface area contributed by atoms with E-state index >= 15 is 0 Å². The van der Waals surface area contributed by atoms with E-state index in [1.165, 1.54) is 15.9 Å². The molecule has 0 unspecified atom stereocenters. The summed E-state index contributed by atoms with van der Waals surface area (Å²) in [6.07, 6.45) is 5.50. The molecule has 2 aromatic carbocycles. The Balaban J connectivity index is 1.59. The number of benzene rings is 2. The molecule has 0 radical (unpaired) electrons. The number of aromatic nitrogens is 5. The van der Waals surface area contributed by atoms with Crippen LogP contribution in [0.3, 0.4) is 0 Å². The summed E-state index contributed by atoms with van der Waals surface area (Å²) in [5.41, 5.74) is 3.53. The molecule has 0 atom stereocenters. The summed E-state index contributed by atoms with van der Waals surface area (Å²) in [5, 5.41) is 9.18. The molecule has 0 bridgehead atoms. The molecule has 0 aliphatic heterocycles. The molecule has 0 amide bonds. The quantitative estimate of drug-likeness (QED) is 0.248. The van der Waals surface area contributed by atoms with Crippen molar-refractivity contribution in [3.8, 4) is 22.8 Å². The zero-order valence-corrected chi connectivity index (χ0v) is 20.8. The van der Waals surface area contributed by atoms with Gasteiger partial charge in [0.2, 0.25) is 4.96 Å². The van der Waals surface area contributed by atoms with Crippen molar-refractivity contribution in [3.63, 3.8) is 0 Å². The summed E-state index contributed by atoms with van der Waals surface area (Å²) < 4.78 is 14.1. The number of nitrogens with zero attached hydrogens (tertiary/aromatic N) is 5. The number of allylic oxidation sites excluding steroid dienone is 3. The van der Waals surface area contributed by atoms with E-state index in [4.69, 9.17) is 14.6 Å². The third-order valence-electron chi connectivity index (χ3n) is 5.58. The van der Waals surface area contributed by atoms with Crippen LogP contribution >= 0.6 is 11.3 Å². The van der Waals surface area contributed by atoms with Crippen LogP contribution in [-0.2, 0) is 4.74 Å². The van der Waals surface area contributed by atoms with Crippen molar-refractivity contribution in [2.45, 2.75) is 6.92 Å². The fourth-order valence-electron chi connectivity index (χ4n) is 3.67. The summed E-state index contributed by atoms with van der Waals surface area (Å²) in [6.45, 7) is 6.02.